The van der Waals surface area contributed by atoms with Crippen molar-refractivity contribution in [2.45, 2.75) is 40.2 Å². The van der Waals surface area contributed by atoms with Crippen molar-refractivity contribution < 1.29 is 14.7 Å². The Hall–Kier alpha value is -2.73. The molecule has 6 heteroatoms. The standard InChI is InChI=1S/C22H27N3O3/c1-5-25-18-11-9-15(8-10-16-7-6-12-23-17(16)14-26)13-19(18)24(4)20(27)22(2,3)21(25)28/h6-7,9,11-13,26H,5,8,10,14H2,1-4H3. The first-order valence-corrected chi connectivity index (χ1v) is 9.58. The third kappa shape index (κ3) is 3.40. The molecule has 2 aromatic rings. The fraction of sp³-hybridized carbons (Fsp3) is 0.409. The van der Waals surface area contributed by atoms with E-state index in [1.54, 1.807) is 36.9 Å². The summed E-state index contributed by atoms with van der Waals surface area (Å²) in [5, 5.41) is 9.45. The number of anilines is 2. The molecule has 148 valence electrons. The summed E-state index contributed by atoms with van der Waals surface area (Å²) in [6.45, 7) is 5.71. The van der Waals surface area contributed by atoms with Gasteiger partial charge < -0.3 is 14.9 Å². The molecule has 1 aliphatic rings. The van der Waals surface area contributed by atoms with E-state index < -0.39 is 5.41 Å². The molecule has 0 unspecified atom stereocenters. The molecule has 1 N–H and O–H groups in total. The molecule has 2 amide bonds. The second-order valence-corrected chi connectivity index (χ2v) is 7.63. The first kappa shape index (κ1) is 20.0. The molecule has 1 aromatic carbocycles. The smallest absolute Gasteiger partial charge is 0.242 e. The first-order valence-electron chi connectivity index (χ1n) is 9.58. The Balaban J connectivity index is 1.94. The number of aromatic nitrogens is 1. The van der Waals surface area contributed by atoms with Crippen LogP contribution < -0.4 is 9.80 Å². The molecule has 0 spiro atoms. The predicted molar refractivity (Wildman–Crippen MR) is 109 cm³/mol. The van der Waals surface area contributed by atoms with Crippen LogP contribution in [0.4, 0.5) is 11.4 Å². The van der Waals surface area contributed by atoms with Crippen molar-refractivity contribution in [2.75, 3.05) is 23.4 Å². The molecule has 2 heterocycles. The number of carbonyl (C=O) groups excluding carboxylic acids is 2. The molecule has 1 aliphatic heterocycles. The van der Waals surface area contributed by atoms with Crippen molar-refractivity contribution in [1.29, 1.82) is 0 Å². The van der Waals surface area contributed by atoms with Crippen LogP contribution in [-0.2, 0) is 29.0 Å². The van der Waals surface area contributed by atoms with Crippen LogP contribution in [0.3, 0.4) is 0 Å². The number of benzene rings is 1. The summed E-state index contributed by atoms with van der Waals surface area (Å²) in [6, 6.07) is 9.75. The SMILES string of the molecule is CCN1C(=O)C(C)(C)C(=O)N(C)c2cc(CCc3cccnc3CO)ccc21. The van der Waals surface area contributed by atoms with E-state index in [1.165, 1.54) is 0 Å². The number of fused-ring (bicyclic) bond motifs is 1. The van der Waals surface area contributed by atoms with Crippen molar-refractivity contribution in [2.24, 2.45) is 5.41 Å². The third-order valence-corrected chi connectivity index (χ3v) is 5.44. The minimum Gasteiger partial charge on any atom is -0.390 e. The van der Waals surface area contributed by atoms with E-state index in [0.29, 0.717) is 12.2 Å². The quantitative estimate of drug-likeness (QED) is 0.808. The summed E-state index contributed by atoms with van der Waals surface area (Å²) in [5.41, 5.74) is 3.17. The van der Waals surface area contributed by atoms with E-state index >= 15 is 0 Å². The van der Waals surface area contributed by atoms with E-state index in [1.807, 2.05) is 37.3 Å². The zero-order valence-corrected chi connectivity index (χ0v) is 16.9. The molecule has 0 aliphatic carbocycles. The molecule has 0 bridgehead atoms. The van der Waals surface area contributed by atoms with Crippen LogP contribution >= 0.6 is 0 Å². The average Bonchev–Trinajstić information content (AvgIpc) is 2.76. The minimum atomic E-state index is -1.10. The second kappa shape index (κ2) is 7.72. The van der Waals surface area contributed by atoms with E-state index in [4.69, 9.17) is 0 Å². The molecule has 3 rings (SSSR count). The lowest BCUT2D eigenvalue weighted by atomic mass is 9.90. The Labute approximate surface area is 165 Å². The molecule has 6 nitrogen and oxygen atoms in total. The number of hydrogen-bond acceptors (Lipinski definition) is 4. The lowest BCUT2D eigenvalue weighted by molar-refractivity contribution is -0.137. The Morgan fingerprint density at radius 1 is 1.07 bits per heavy atom. The molecule has 0 atom stereocenters. The Kier molecular flexibility index (Phi) is 5.52. The van der Waals surface area contributed by atoms with E-state index in [0.717, 1.165) is 35.3 Å². The van der Waals surface area contributed by atoms with Crippen LogP contribution in [0.25, 0.3) is 0 Å². The zero-order chi connectivity index (χ0) is 20.5. The lowest BCUT2D eigenvalue weighted by Gasteiger charge is -2.27. The monoisotopic (exact) mass is 381 g/mol. The van der Waals surface area contributed by atoms with Crippen LogP contribution in [0.15, 0.2) is 36.5 Å². The summed E-state index contributed by atoms with van der Waals surface area (Å²) in [4.78, 5) is 33.3. The highest BCUT2D eigenvalue weighted by Crippen LogP contribution is 2.38. The average molecular weight is 381 g/mol. The summed E-state index contributed by atoms with van der Waals surface area (Å²) in [5.74, 6) is -0.386. The number of nitrogens with zero attached hydrogens (tertiary/aromatic N) is 3. The van der Waals surface area contributed by atoms with Crippen LogP contribution in [-0.4, -0.2) is 35.5 Å². The van der Waals surface area contributed by atoms with Gasteiger partial charge in [-0.15, -0.1) is 0 Å². The molecular formula is C22H27N3O3. The van der Waals surface area contributed by atoms with Gasteiger partial charge >= 0.3 is 0 Å². The second-order valence-electron chi connectivity index (χ2n) is 7.63. The summed E-state index contributed by atoms with van der Waals surface area (Å²) >= 11 is 0. The predicted octanol–water partition coefficient (Wildman–Crippen LogP) is 2.71. The first-order chi connectivity index (χ1) is 13.3. The van der Waals surface area contributed by atoms with Gasteiger partial charge in [0.05, 0.1) is 23.7 Å². The van der Waals surface area contributed by atoms with Crippen molar-refractivity contribution in [3.05, 3.63) is 53.3 Å². The third-order valence-electron chi connectivity index (χ3n) is 5.44. The maximum Gasteiger partial charge on any atom is 0.242 e. The maximum atomic E-state index is 12.9. The number of hydrogen-bond donors (Lipinski definition) is 1. The number of carbonyl (C=O) groups is 2. The highest BCUT2D eigenvalue weighted by molar-refractivity contribution is 6.19. The fourth-order valence-corrected chi connectivity index (χ4v) is 3.72. The Bertz CT molecular complexity index is 908. The zero-order valence-electron chi connectivity index (χ0n) is 16.9. The van der Waals surface area contributed by atoms with Gasteiger partial charge in [0.15, 0.2) is 0 Å². The minimum absolute atomic E-state index is 0.0831. The van der Waals surface area contributed by atoms with Crippen LogP contribution in [0.1, 0.15) is 37.6 Å². The maximum absolute atomic E-state index is 12.9. The number of amides is 2. The Morgan fingerprint density at radius 2 is 1.82 bits per heavy atom. The Morgan fingerprint density at radius 3 is 2.50 bits per heavy atom. The summed E-state index contributed by atoms with van der Waals surface area (Å²) in [7, 11) is 1.73. The summed E-state index contributed by atoms with van der Waals surface area (Å²) in [6.07, 6.45) is 3.16. The number of rotatable bonds is 5. The number of pyridine rings is 1. The highest BCUT2D eigenvalue weighted by atomic mass is 16.3. The van der Waals surface area contributed by atoms with Gasteiger partial charge in [-0.3, -0.25) is 14.6 Å². The number of aliphatic hydroxyl groups excluding tert-OH is 1. The largest absolute Gasteiger partial charge is 0.390 e. The van der Waals surface area contributed by atoms with Crippen molar-refractivity contribution in [1.82, 2.24) is 4.98 Å². The number of aryl methyl sites for hydroxylation is 2. The van der Waals surface area contributed by atoms with Crippen molar-refractivity contribution in [3.63, 3.8) is 0 Å². The topological polar surface area (TPSA) is 73.7 Å². The van der Waals surface area contributed by atoms with Crippen molar-refractivity contribution in [3.8, 4) is 0 Å². The van der Waals surface area contributed by atoms with Gasteiger partial charge in [0.2, 0.25) is 11.8 Å². The van der Waals surface area contributed by atoms with Gasteiger partial charge in [0.1, 0.15) is 5.41 Å². The molecule has 1 aromatic heterocycles. The van der Waals surface area contributed by atoms with Gasteiger partial charge in [-0.05, 0) is 62.9 Å². The molecule has 0 saturated heterocycles. The molecule has 0 radical (unpaired) electrons. The molecular weight excluding hydrogens is 354 g/mol. The summed E-state index contributed by atoms with van der Waals surface area (Å²) < 4.78 is 0. The van der Waals surface area contributed by atoms with Gasteiger partial charge in [0, 0.05) is 19.8 Å². The molecule has 28 heavy (non-hydrogen) atoms. The van der Waals surface area contributed by atoms with Crippen molar-refractivity contribution >= 4 is 23.2 Å². The van der Waals surface area contributed by atoms with E-state index in [9.17, 15) is 14.7 Å². The normalized spacial score (nSPS) is 16.2. The lowest BCUT2D eigenvalue weighted by Crippen LogP contribution is -2.47. The van der Waals surface area contributed by atoms with Gasteiger partial charge in [-0.2, -0.15) is 0 Å². The van der Waals surface area contributed by atoms with Crippen LogP contribution in [0.5, 0.6) is 0 Å². The van der Waals surface area contributed by atoms with Gasteiger partial charge in [-0.1, -0.05) is 12.1 Å². The van der Waals surface area contributed by atoms with Gasteiger partial charge in [-0.25, -0.2) is 0 Å². The number of aliphatic hydroxyl groups is 1. The van der Waals surface area contributed by atoms with Crippen LogP contribution in [0, 0.1) is 5.41 Å². The molecule has 0 saturated carbocycles. The molecule has 0 fully saturated rings. The van der Waals surface area contributed by atoms with Crippen LogP contribution in [0.2, 0.25) is 0 Å². The van der Waals surface area contributed by atoms with E-state index in [-0.39, 0.29) is 18.4 Å². The van der Waals surface area contributed by atoms with E-state index in [2.05, 4.69) is 4.98 Å². The fourth-order valence-electron chi connectivity index (χ4n) is 3.72. The van der Waals surface area contributed by atoms with Gasteiger partial charge in [0.25, 0.3) is 0 Å². The highest BCUT2D eigenvalue weighted by Gasteiger charge is 2.45.